The van der Waals surface area contributed by atoms with Crippen molar-refractivity contribution in [1.29, 1.82) is 0 Å². The number of esters is 1. The molecule has 0 atom stereocenters. The molecule has 4 nitrogen and oxygen atoms in total. The van der Waals surface area contributed by atoms with E-state index in [0.717, 1.165) is 5.56 Å². The van der Waals surface area contributed by atoms with Crippen molar-refractivity contribution in [2.45, 2.75) is 39.0 Å². The first kappa shape index (κ1) is 18.7. The molecule has 2 rings (SSSR count). The molecule has 0 spiro atoms. The first-order valence-electron chi connectivity index (χ1n) is 8.38. The van der Waals surface area contributed by atoms with E-state index in [1.165, 1.54) is 12.7 Å². The van der Waals surface area contributed by atoms with Crippen molar-refractivity contribution in [2.75, 3.05) is 12.4 Å². The van der Waals surface area contributed by atoms with Gasteiger partial charge in [-0.2, -0.15) is 0 Å². The Balaban J connectivity index is 1.97. The monoisotopic (exact) mass is 339 g/mol. The third-order valence-corrected chi connectivity index (χ3v) is 4.07. The Kier molecular flexibility index (Phi) is 5.97. The van der Waals surface area contributed by atoms with Gasteiger partial charge in [0.1, 0.15) is 0 Å². The smallest absolute Gasteiger partial charge is 0.339 e. The first-order valence-corrected chi connectivity index (χ1v) is 8.38. The standard InChI is InChI=1S/C21H25NO3/c1-21(2,3)16-12-9-15(10-13-16)11-14-19(23)22-18-8-6-5-7-17(18)20(24)25-4/h5-10,12-13H,11,14H2,1-4H3,(H,22,23). The van der Waals surface area contributed by atoms with Crippen molar-refractivity contribution < 1.29 is 14.3 Å². The summed E-state index contributed by atoms with van der Waals surface area (Å²) >= 11 is 0. The molecule has 4 heteroatoms. The molecule has 0 saturated carbocycles. The lowest BCUT2D eigenvalue weighted by Gasteiger charge is -2.19. The second-order valence-electron chi connectivity index (χ2n) is 7.03. The van der Waals surface area contributed by atoms with Gasteiger partial charge in [0.05, 0.1) is 18.4 Å². The summed E-state index contributed by atoms with van der Waals surface area (Å²) in [5.41, 5.74) is 3.33. The third-order valence-electron chi connectivity index (χ3n) is 4.07. The van der Waals surface area contributed by atoms with Crippen LogP contribution in [0.25, 0.3) is 0 Å². The molecular formula is C21H25NO3. The van der Waals surface area contributed by atoms with Crippen molar-refractivity contribution in [3.63, 3.8) is 0 Å². The van der Waals surface area contributed by atoms with Gasteiger partial charge >= 0.3 is 5.97 Å². The number of anilines is 1. The van der Waals surface area contributed by atoms with Crippen LogP contribution in [-0.2, 0) is 21.4 Å². The molecule has 0 saturated heterocycles. The average Bonchev–Trinajstić information content (AvgIpc) is 2.59. The molecule has 2 aromatic rings. The highest BCUT2D eigenvalue weighted by Crippen LogP contribution is 2.22. The largest absolute Gasteiger partial charge is 0.465 e. The molecule has 1 N–H and O–H groups in total. The van der Waals surface area contributed by atoms with Crippen molar-refractivity contribution >= 4 is 17.6 Å². The van der Waals surface area contributed by atoms with Crippen LogP contribution in [-0.4, -0.2) is 19.0 Å². The number of carbonyl (C=O) groups excluding carboxylic acids is 2. The van der Waals surface area contributed by atoms with Gasteiger partial charge in [-0.15, -0.1) is 0 Å². The second-order valence-corrected chi connectivity index (χ2v) is 7.03. The van der Waals surface area contributed by atoms with Crippen molar-refractivity contribution in [2.24, 2.45) is 0 Å². The van der Waals surface area contributed by atoms with Gasteiger partial charge in [0.15, 0.2) is 0 Å². The zero-order valence-electron chi connectivity index (χ0n) is 15.3. The Morgan fingerprint density at radius 1 is 1.00 bits per heavy atom. The summed E-state index contributed by atoms with van der Waals surface area (Å²) in [4.78, 5) is 23.9. The summed E-state index contributed by atoms with van der Waals surface area (Å²) in [5.74, 6) is -0.593. The van der Waals surface area contributed by atoms with Gasteiger partial charge in [-0.05, 0) is 35.1 Å². The molecule has 132 valence electrons. The number of nitrogens with one attached hydrogen (secondary N) is 1. The molecular weight excluding hydrogens is 314 g/mol. The molecule has 0 bridgehead atoms. The first-order chi connectivity index (χ1) is 11.8. The third kappa shape index (κ3) is 5.18. The van der Waals surface area contributed by atoms with Gasteiger partial charge < -0.3 is 10.1 Å². The van der Waals surface area contributed by atoms with Gasteiger partial charge in [-0.1, -0.05) is 57.2 Å². The maximum absolute atomic E-state index is 12.2. The maximum atomic E-state index is 12.2. The van der Waals surface area contributed by atoms with Gasteiger partial charge in [0, 0.05) is 6.42 Å². The van der Waals surface area contributed by atoms with Crippen molar-refractivity contribution in [3.05, 3.63) is 65.2 Å². The highest BCUT2D eigenvalue weighted by Gasteiger charge is 2.14. The molecule has 0 aromatic heterocycles. The molecule has 0 aliphatic carbocycles. The quantitative estimate of drug-likeness (QED) is 0.824. The van der Waals surface area contributed by atoms with Crippen LogP contribution >= 0.6 is 0 Å². The molecule has 0 unspecified atom stereocenters. The lowest BCUT2D eigenvalue weighted by atomic mass is 9.86. The maximum Gasteiger partial charge on any atom is 0.339 e. The Morgan fingerprint density at radius 3 is 2.24 bits per heavy atom. The minimum atomic E-state index is -0.464. The molecule has 25 heavy (non-hydrogen) atoms. The Labute approximate surface area is 149 Å². The second kappa shape index (κ2) is 7.97. The van der Waals surface area contributed by atoms with Crippen LogP contribution < -0.4 is 5.32 Å². The fourth-order valence-electron chi connectivity index (χ4n) is 2.52. The van der Waals surface area contributed by atoms with Crippen molar-refractivity contribution in [1.82, 2.24) is 0 Å². The van der Waals surface area contributed by atoms with Crippen LogP contribution in [0.3, 0.4) is 0 Å². The number of benzene rings is 2. The Bertz CT molecular complexity index is 742. The van der Waals surface area contributed by atoms with Crippen LogP contribution in [0, 0.1) is 0 Å². The molecule has 1 amide bonds. The van der Waals surface area contributed by atoms with Crippen LogP contribution in [0.1, 0.15) is 48.7 Å². The molecule has 0 fully saturated rings. The van der Waals surface area contributed by atoms with Crippen LogP contribution in [0.2, 0.25) is 0 Å². The van der Waals surface area contributed by atoms with E-state index in [1.54, 1.807) is 24.3 Å². The van der Waals surface area contributed by atoms with Crippen LogP contribution in [0.5, 0.6) is 0 Å². The molecule has 0 aliphatic rings. The number of aryl methyl sites for hydroxylation is 1. The number of hydrogen-bond acceptors (Lipinski definition) is 3. The van der Waals surface area contributed by atoms with E-state index in [9.17, 15) is 9.59 Å². The summed E-state index contributed by atoms with van der Waals surface area (Å²) in [6.07, 6.45) is 1.00. The zero-order valence-corrected chi connectivity index (χ0v) is 15.3. The number of methoxy groups -OCH3 is 1. The highest BCUT2D eigenvalue weighted by molar-refractivity contribution is 6.01. The number of rotatable bonds is 5. The number of carbonyl (C=O) groups is 2. The lowest BCUT2D eigenvalue weighted by molar-refractivity contribution is -0.116. The van der Waals surface area contributed by atoms with E-state index >= 15 is 0 Å². The summed E-state index contributed by atoms with van der Waals surface area (Å²) in [5, 5.41) is 2.79. The minimum Gasteiger partial charge on any atom is -0.465 e. The summed E-state index contributed by atoms with van der Waals surface area (Å²) < 4.78 is 4.74. The molecule has 2 aromatic carbocycles. The van der Waals surface area contributed by atoms with Crippen molar-refractivity contribution in [3.8, 4) is 0 Å². The van der Waals surface area contributed by atoms with E-state index in [2.05, 4.69) is 50.4 Å². The number of amides is 1. The number of ether oxygens (including phenoxy) is 1. The fourth-order valence-corrected chi connectivity index (χ4v) is 2.52. The van der Waals surface area contributed by atoms with Gasteiger partial charge in [0.25, 0.3) is 0 Å². The number of hydrogen-bond donors (Lipinski definition) is 1. The normalized spacial score (nSPS) is 11.0. The Morgan fingerprint density at radius 2 is 1.64 bits per heavy atom. The van der Waals surface area contributed by atoms with Gasteiger partial charge in [-0.3, -0.25) is 4.79 Å². The van der Waals surface area contributed by atoms with E-state index in [4.69, 9.17) is 4.74 Å². The highest BCUT2D eigenvalue weighted by atomic mass is 16.5. The average molecular weight is 339 g/mol. The van der Waals surface area contributed by atoms with E-state index in [1.807, 2.05) is 0 Å². The van der Waals surface area contributed by atoms with Gasteiger partial charge in [0.2, 0.25) is 5.91 Å². The zero-order chi connectivity index (χ0) is 18.4. The summed E-state index contributed by atoms with van der Waals surface area (Å²) in [7, 11) is 1.32. The van der Waals surface area contributed by atoms with Crippen LogP contribution in [0.15, 0.2) is 48.5 Å². The fraction of sp³-hybridized carbons (Fsp3) is 0.333. The number of para-hydroxylation sites is 1. The predicted octanol–water partition coefficient (Wildman–Crippen LogP) is 4.34. The predicted molar refractivity (Wildman–Crippen MR) is 99.9 cm³/mol. The SMILES string of the molecule is COC(=O)c1ccccc1NC(=O)CCc1ccc(C(C)(C)C)cc1. The summed E-state index contributed by atoms with van der Waals surface area (Å²) in [6.45, 7) is 6.52. The molecule has 0 heterocycles. The molecule has 0 aliphatic heterocycles. The minimum absolute atomic E-state index is 0.119. The van der Waals surface area contributed by atoms with E-state index < -0.39 is 5.97 Å². The topological polar surface area (TPSA) is 55.4 Å². The van der Waals surface area contributed by atoms with E-state index in [0.29, 0.717) is 24.1 Å². The summed E-state index contributed by atoms with van der Waals surface area (Å²) in [6, 6.07) is 15.2. The molecule has 0 radical (unpaired) electrons. The lowest BCUT2D eigenvalue weighted by Crippen LogP contribution is -2.15. The van der Waals surface area contributed by atoms with E-state index in [-0.39, 0.29) is 11.3 Å². The van der Waals surface area contributed by atoms with Gasteiger partial charge in [-0.25, -0.2) is 4.79 Å². The van der Waals surface area contributed by atoms with Crippen LogP contribution in [0.4, 0.5) is 5.69 Å². The Hall–Kier alpha value is -2.62.